The highest BCUT2D eigenvalue weighted by atomic mass is 79.9. The highest BCUT2D eigenvalue weighted by Gasteiger charge is 2.19. The molecule has 0 bridgehead atoms. The Kier molecular flexibility index (Phi) is 5.57. The molecular formula is C10H14BrClO2S. The fraction of sp³-hybridized carbons (Fsp3) is 0.600. The topological polar surface area (TPSA) is 29.5 Å². The van der Waals surface area contributed by atoms with E-state index in [2.05, 4.69) is 15.9 Å². The van der Waals surface area contributed by atoms with E-state index in [1.54, 1.807) is 7.11 Å². The Labute approximate surface area is 107 Å². The lowest BCUT2D eigenvalue weighted by Crippen LogP contribution is -2.10. The third-order valence-electron chi connectivity index (χ3n) is 2.27. The van der Waals surface area contributed by atoms with Crippen molar-refractivity contribution in [3.8, 4) is 0 Å². The zero-order chi connectivity index (χ0) is 11.4. The SMILES string of the molecule is COCCC(C)C(O)c1cc(Br)c(Cl)s1. The van der Waals surface area contributed by atoms with Gasteiger partial charge < -0.3 is 9.84 Å². The highest BCUT2D eigenvalue weighted by Crippen LogP contribution is 2.37. The molecule has 0 aliphatic rings. The summed E-state index contributed by atoms with van der Waals surface area (Å²) in [4.78, 5) is 0.899. The van der Waals surface area contributed by atoms with Crippen molar-refractivity contribution in [1.82, 2.24) is 0 Å². The van der Waals surface area contributed by atoms with Crippen molar-refractivity contribution in [2.24, 2.45) is 5.92 Å². The van der Waals surface area contributed by atoms with Crippen LogP contribution in [0.1, 0.15) is 24.3 Å². The lowest BCUT2D eigenvalue weighted by molar-refractivity contribution is 0.0911. The van der Waals surface area contributed by atoms with Crippen LogP contribution in [-0.2, 0) is 4.74 Å². The van der Waals surface area contributed by atoms with Gasteiger partial charge in [0.1, 0.15) is 4.34 Å². The van der Waals surface area contributed by atoms with Crippen molar-refractivity contribution in [2.75, 3.05) is 13.7 Å². The van der Waals surface area contributed by atoms with Gasteiger partial charge in [-0.1, -0.05) is 18.5 Å². The number of aliphatic hydroxyl groups is 1. The Hall–Kier alpha value is 0.390. The average molecular weight is 314 g/mol. The molecule has 1 rings (SSSR count). The van der Waals surface area contributed by atoms with Gasteiger partial charge >= 0.3 is 0 Å². The molecule has 2 nitrogen and oxygen atoms in total. The molecule has 0 amide bonds. The summed E-state index contributed by atoms with van der Waals surface area (Å²) in [6.45, 7) is 2.67. The number of rotatable bonds is 5. The molecule has 1 N–H and O–H groups in total. The highest BCUT2D eigenvalue weighted by molar-refractivity contribution is 9.10. The molecule has 0 aliphatic heterocycles. The number of hydrogen-bond donors (Lipinski definition) is 1. The quantitative estimate of drug-likeness (QED) is 0.894. The minimum atomic E-state index is -0.464. The molecule has 15 heavy (non-hydrogen) atoms. The van der Waals surface area contributed by atoms with E-state index in [0.717, 1.165) is 15.8 Å². The standard InChI is InChI=1S/C10H14BrClO2S/c1-6(3-4-14-2)9(13)8-5-7(11)10(12)15-8/h5-6,9,13H,3-4H2,1-2H3. The van der Waals surface area contributed by atoms with E-state index in [0.29, 0.717) is 10.9 Å². The van der Waals surface area contributed by atoms with Crippen molar-refractivity contribution < 1.29 is 9.84 Å². The maximum atomic E-state index is 10.0. The van der Waals surface area contributed by atoms with Crippen molar-refractivity contribution in [3.05, 3.63) is 19.8 Å². The Balaban J connectivity index is 2.62. The van der Waals surface area contributed by atoms with E-state index in [4.69, 9.17) is 16.3 Å². The molecule has 0 aromatic carbocycles. The molecule has 0 radical (unpaired) electrons. The molecular weight excluding hydrogens is 300 g/mol. The van der Waals surface area contributed by atoms with Crippen LogP contribution in [0.4, 0.5) is 0 Å². The fourth-order valence-electron chi connectivity index (χ4n) is 1.25. The van der Waals surface area contributed by atoms with Crippen LogP contribution in [0.5, 0.6) is 0 Å². The molecule has 1 aromatic rings. The first kappa shape index (κ1) is 13.5. The second kappa shape index (κ2) is 6.21. The first-order chi connectivity index (χ1) is 7.06. The van der Waals surface area contributed by atoms with Crippen molar-refractivity contribution in [3.63, 3.8) is 0 Å². The molecule has 1 heterocycles. The van der Waals surface area contributed by atoms with Gasteiger partial charge in [0.2, 0.25) is 0 Å². The summed E-state index contributed by atoms with van der Waals surface area (Å²) in [5.74, 6) is 0.173. The molecule has 0 saturated heterocycles. The van der Waals surface area contributed by atoms with E-state index in [9.17, 15) is 5.11 Å². The molecule has 86 valence electrons. The lowest BCUT2D eigenvalue weighted by atomic mass is 10.0. The van der Waals surface area contributed by atoms with Gasteiger partial charge in [-0.2, -0.15) is 0 Å². The molecule has 0 aliphatic carbocycles. The molecule has 0 spiro atoms. The van der Waals surface area contributed by atoms with Gasteiger partial charge in [-0.15, -0.1) is 11.3 Å². The molecule has 0 saturated carbocycles. The van der Waals surface area contributed by atoms with Crippen LogP contribution in [0.3, 0.4) is 0 Å². The van der Waals surface area contributed by atoms with Crippen LogP contribution in [0.15, 0.2) is 10.5 Å². The monoisotopic (exact) mass is 312 g/mol. The van der Waals surface area contributed by atoms with Gasteiger partial charge in [0.25, 0.3) is 0 Å². The smallest absolute Gasteiger partial charge is 0.107 e. The van der Waals surface area contributed by atoms with Crippen molar-refractivity contribution in [1.29, 1.82) is 0 Å². The van der Waals surface area contributed by atoms with E-state index in [1.807, 2.05) is 13.0 Å². The summed E-state index contributed by atoms with van der Waals surface area (Å²) in [7, 11) is 1.66. The Morgan fingerprint density at radius 2 is 2.33 bits per heavy atom. The number of ether oxygens (including phenoxy) is 1. The molecule has 1 aromatic heterocycles. The summed E-state index contributed by atoms with van der Waals surface area (Å²) in [6, 6.07) is 1.88. The Bertz CT molecular complexity index is 297. The Morgan fingerprint density at radius 1 is 1.67 bits per heavy atom. The maximum Gasteiger partial charge on any atom is 0.107 e. The number of methoxy groups -OCH3 is 1. The van der Waals surface area contributed by atoms with Gasteiger partial charge in [0.05, 0.1) is 6.10 Å². The average Bonchev–Trinajstić information content (AvgIpc) is 2.54. The largest absolute Gasteiger partial charge is 0.387 e. The van der Waals surface area contributed by atoms with E-state index < -0.39 is 6.10 Å². The van der Waals surface area contributed by atoms with Crippen molar-refractivity contribution >= 4 is 38.9 Å². The third-order valence-corrected chi connectivity index (χ3v) is 4.82. The summed E-state index contributed by atoms with van der Waals surface area (Å²) >= 11 is 10.7. The van der Waals surface area contributed by atoms with Crippen LogP contribution >= 0.6 is 38.9 Å². The molecule has 5 heteroatoms. The van der Waals surface area contributed by atoms with E-state index in [1.165, 1.54) is 11.3 Å². The van der Waals surface area contributed by atoms with Gasteiger partial charge in [0.15, 0.2) is 0 Å². The van der Waals surface area contributed by atoms with Crippen molar-refractivity contribution in [2.45, 2.75) is 19.4 Å². The summed E-state index contributed by atoms with van der Waals surface area (Å²) < 4.78 is 6.52. The third kappa shape index (κ3) is 3.71. The van der Waals surface area contributed by atoms with Gasteiger partial charge in [-0.3, -0.25) is 0 Å². The van der Waals surface area contributed by atoms with Crippen LogP contribution in [0.25, 0.3) is 0 Å². The number of hydrogen-bond acceptors (Lipinski definition) is 3. The second-order valence-electron chi connectivity index (χ2n) is 3.47. The molecule has 0 fully saturated rings. The van der Waals surface area contributed by atoms with Crippen LogP contribution in [0, 0.1) is 5.92 Å². The number of aliphatic hydroxyl groups excluding tert-OH is 1. The summed E-state index contributed by atoms with van der Waals surface area (Å²) in [6.07, 6.45) is 0.374. The normalized spacial score (nSPS) is 15.3. The van der Waals surface area contributed by atoms with E-state index in [-0.39, 0.29) is 5.92 Å². The van der Waals surface area contributed by atoms with Gasteiger partial charge in [-0.05, 0) is 34.3 Å². The molecule has 2 atom stereocenters. The minimum absolute atomic E-state index is 0.173. The van der Waals surface area contributed by atoms with Crippen LogP contribution in [-0.4, -0.2) is 18.8 Å². The lowest BCUT2D eigenvalue weighted by Gasteiger charge is -2.16. The number of thiophene rings is 1. The Morgan fingerprint density at radius 3 is 2.80 bits per heavy atom. The summed E-state index contributed by atoms with van der Waals surface area (Å²) in [5.41, 5.74) is 0. The fourth-order valence-corrected chi connectivity index (χ4v) is 3.11. The first-order valence-electron chi connectivity index (χ1n) is 4.68. The maximum absolute atomic E-state index is 10.0. The van der Waals surface area contributed by atoms with Gasteiger partial charge in [-0.25, -0.2) is 0 Å². The minimum Gasteiger partial charge on any atom is -0.387 e. The zero-order valence-electron chi connectivity index (χ0n) is 8.67. The van der Waals surface area contributed by atoms with Crippen LogP contribution in [0.2, 0.25) is 4.34 Å². The van der Waals surface area contributed by atoms with E-state index >= 15 is 0 Å². The predicted octanol–water partition coefficient (Wildman–Crippen LogP) is 3.87. The first-order valence-corrected chi connectivity index (χ1v) is 6.66. The number of halogens is 2. The van der Waals surface area contributed by atoms with Gasteiger partial charge in [0, 0.05) is 23.1 Å². The zero-order valence-corrected chi connectivity index (χ0v) is 11.8. The van der Waals surface area contributed by atoms with Crippen LogP contribution < -0.4 is 0 Å². The second-order valence-corrected chi connectivity index (χ2v) is 6.01. The predicted molar refractivity (Wildman–Crippen MR) is 67.6 cm³/mol. The summed E-state index contributed by atoms with van der Waals surface area (Å²) in [5, 5.41) is 10.0. The molecule has 2 unspecified atom stereocenters.